The van der Waals surface area contributed by atoms with Crippen LogP contribution in [0.25, 0.3) is 0 Å². The molecule has 0 saturated heterocycles. The Bertz CT molecular complexity index is 488. The van der Waals surface area contributed by atoms with Crippen LogP contribution in [0.1, 0.15) is 12.5 Å². The molecule has 0 spiro atoms. The van der Waals surface area contributed by atoms with E-state index in [4.69, 9.17) is 22.4 Å². The Morgan fingerprint density at radius 3 is 2.19 bits per heavy atom. The molecule has 0 saturated carbocycles. The molecular weight excluding hydrogens is 292 g/mol. The molecule has 0 heterocycles. The van der Waals surface area contributed by atoms with Crippen molar-refractivity contribution in [3.63, 3.8) is 0 Å². The number of hydrogen-bond acceptors (Lipinski definition) is 4. The van der Waals surface area contributed by atoms with Gasteiger partial charge in [0.2, 0.25) is 0 Å². The van der Waals surface area contributed by atoms with Gasteiger partial charge in [0.05, 0.1) is 18.6 Å². The summed E-state index contributed by atoms with van der Waals surface area (Å²) in [4.78, 5) is 23.0. The third-order valence-corrected chi connectivity index (χ3v) is 3.13. The summed E-state index contributed by atoms with van der Waals surface area (Å²) in [5.74, 6) is -2.08. The number of anilines is 1. The minimum Gasteiger partial charge on any atom is -0.480 e. The summed E-state index contributed by atoms with van der Waals surface area (Å²) < 4.78 is 0. The first kappa shape index (κ1) is 17.1. The Morgan fingerprint density at radius 2 is 1.76 bits per heavy atom. The molecule has 7 heteroatoms. The van der Waals surface area contributed by atoms with Crippen LogP contribution in [0, 0.1) is 0 Å². The Hall–Kier alpha value is -1.99. The molecule has 1 atom stereocenters. The molecule has 0 aliphatic rings. The highest BCUT2D eigenvalue weighted by Gasteiger charge is 2.19. The monoisotopic (exact) mass is 310 g/mol. The van der Waals surface area contributed by atoms with E-state index in [1.807, 2.05) is 31.2 Å². The van der Waals surface area contributed by atoms with Gasteiger partial charge in [-0.15, -0.1) is 0 Å². The molecule has 0 amide bonds. The zero-order valence-corrected chi connectivity index (χ0v) is 12.5. The lowest BCUT2D eigenvalue weighted by molar-refractivity contribution is -0.142. The van der Waals surface area contributed by atoms with Crippen LogP contribution in [0.3, 0.4) is 0 Å². The zero-order chi connectivity index (χ0) is 15.8. The standard InChI is InChI=1S/C14H18N2O4S/c1-10(16(7-13(17)18)8-14(19)20)6-11-2-4-12(5-3-11)15-9-21/h2-5,9-10H,6-8H2,1H3,(H,15,21)(H,17,18)(H,19,20). The van der Waals surface area contributed by atoms with Crippen LogP contribution in [0.2, 0.25) is 0 Å². The van der Waals surface area contributed by atoms with Gasteiger partial charge in [-0.3, -0.25) is 14.5 Å². The molecule has 0 radical (unpaired) electrons. The van der Waals surface area contributed by atoms with Gasteiger partial charge in [0.1, 0.15) is 0 Å². The van der Waals surface area contributed by atoms with Crippen molar-refractivity contribution < 1.29 is 19.8 Å². The van der Waals surface area contributed by atoms with Crippen molar-refractivity contribution in [2.75, 3.05) is 18.4 Å². The molecule has 114 valence electrons. The minimum absolute atomic E-state index is 0.193. The van der Waals surface area contributed by atoms with Crippen LogP contribution in [-0.2, 0) is 16.0 Å². The van der Waals surface area contributed by atoms with E-state index in [1.165, 1.54) is 10.4 Å². The van der Waals surface area contributed by atoms with Crippen molar-refractivity contribution in [1.82, 2.24) is 4.90 Å². The third-order valence-electron chi connectivity index (χ3n) is 3.01. The summed E-state index contributed by atoms with van der Waals surface area (Å²) in [5.41, 5.74) is 3.28. The molecule has 0 bridgehead atoms. The Balaban J connectivity index is 2.70. The maximum Gasteiger partial charge on any atom is 0.317 e. The molecule has 6 nitrogen and oxygen atoms in total. The lowest BCUT2D eigenvalue weighted by atomic mass is 10.1. The van der Waals surface area contributed by atoms with E-state index < -0.39 is 11.9 Å². The summed E-state index contributed by atoms with van der Waals surface area (Å²) in [7, 11) is 0. The van der Waals surface area contributed by atoms with Gasteiger partial charge in [-0.05, 0) is 31.0 Å². The molecule has 0 aromatic heterocycles. The summed E-state index contributed by atoms with van der Waals surface area (Å²) in [6.45, 7) is 1.23. The molecule has 1 aromatic carbocycles. The number of hydrogen-bond donors (Lipinski definition) is 3. The molecule has 0 fully saturated rings. The fourth-order valence-corrected chi connectivity index (χ4v) is 2.13. The van der Waals surface area contributed by atoms with Crippen molar-refractivity contribution in [3.8, 4) is 0 Å². The molecule has 0 aliphatic carbocycles. The van der Waals surface area contributed by atoms with Crippen molar-refractivity contribution in [3.05, 3.63) is 29.8 Å². The number of carboxylic acid groups (broad SMARTS) is 2. The number of carboxylic acids is 2. The van der Waals surface area contributed by atoms with E-state index in [0.29, 0.717) is 6.42 Å². The fraction of sp³-hybridized carbons (Fsp3) is 0.357. The van der Waals surface area contributed by atoms with Crippen molar-refractivity contribution in [2.24, 2.45) is 0 Å². The summed E-state index contributed by atoms with van der Waals surface area (Å²) in [6, 6.07) is 7.34. The molecular formula is C14H18N2O4S. The van der Waals surface area contributed by atoms with E-state index in [1.54, 1.807) is 0 Å². The minimum atomic E-state index is -1.04. The van der Waals surface area contributed by atoms with Gasteiger partial charge >= 0.3 is 11.9 Å². The summed E-state index contributed by atoms with van der Waals surface area (Å²) >= 11 is 4.70. The van der Waals surface area contributed by atoms with E-state index >= 15 is 0 Å². The number of nitrogens with one attached hydrogen (secondary N) is 1. The number of thiocarbonyl (C=S) groups is 1. The third kappa shape index (κ3) is 6.33. The van der Waals surface area contributed by atoms with Gasteiger partial charge in [-0.25, -0.2) is 0 Å². The lowest BCUT2D eigenvalue weighted by Gasteiger charge is -2.25. The average molecular weight is 310 g/mol. The maximum atomic E-state index is 10.8. The number of aliphatic carboxylic acids is 2. The Morgan fingerprint density at radius 1 is 1.24 bits per heavy atom. The van der Waals surface area contributed by atoms with Crippen LogP contribution in [0.5, 0.6) is 0 Å². The number of nitrogens with zero attached hydrogens (tertiary/aromatic N) is 1. The zero-order valence-electron chi connectivity index (χ0n) is 11.7. The van der Waals surface area contributed by atoms with Crippen molar-refractivity contribution >= 4 is 35.3 Å². The lowest BCUT2D eigenvalue weighted by Crippen LogP contribution is -2.41. The molecule has 1 rings (SSSR count). The largest absolute Gasteiger partial charge is 0.480 e. The van der Waals surface area contributed by atoms with Crippen LogP contribution >= 0.6 is 12.2 Å². The van der Waals surface area contributed by atoms with Gasteiger partial charge < -0.3 is 15.5 Å². The highest BCUT2D eigenvalue weighted by molar-refractivity contribution is 7.79. The van der Waals surface area contributed by atoms with Gasteiger partial charge in [-0.2, -0.15) is 0 Å². The first-order valence-corrected chi connectivity index (χ1v) is 6.86. The van der Waals surface area contributed by atoms with Gasteiger partial charge in [0.25, 0.3) is 0 Å². The van der Waals surface area contributed by atoms with Crippen LogP contribution in [0.4, 0.5) is 5.69 Å². The number of rotatable bonds is 9. The van der Waals surface area contributed by atoms with Gasteiger partial charge in [0.15, 0.2) is 0 Å². The number of benzene rings is 1. The smallest absolute Gasteiger partial charge is 0.317 e. The van der Waals surface area contributed by atoms with Crippen molar-refractivity contribution in [1.29, 1.82) is 0 Å². The van der Waals surface area contributed by atoms with Crippen LogP contribution < -0.4 is 5.32 Å². The van der Waals surface area contributed by atoms with Crippen LogP contribution in [-0.4, -0.2) is 51.7 Å². The van der Waals surface area contributed by atoms with E-state index in [-0.39, 0.29) is 19.1 Å². The first-order valence-electron chi connectivity index (χ1n) is 6.39. The second kappa shape index (κ2) is 8.33. The van der Waals surface area contributed by atoms with E-state index in [0.717, 1.165) is 11.3 Å². The first-order chi connectivity index (χ1) is 9.92. The summed E-state index contributed by atoms with van der Waals surface area (Å²) in [6.07, 6.45) is 0.568. The average Bonchev–Trinajstić information content (AvgIpc) is 2.39. The molecule has 1 unspecified atom stereocenters. The predicted molar refractivity (Wildman–Crippen MR) is 83.7 cm³/mol. The summed E-state index contributed by atoms with van der Waals surface area (Å²) in [5, 5.41) is 20.6. The predicted octanol–water partition coefficient (Wildman–Crippen LogP) is 1.46. The molecule has 21 heavy (non-hydrogen) atoms. The van der Waals surface area contributed by atoms with Crippen molar-refractivity contribution in [2.45, 2.75) is 19.4 Å². The molecule has 1 aromatic rings. The van der Waals surface area contributed by atoms with Crippen LogP contribution in [0.15, 0.2) is 24.3 Å². The second-order valence-electron chi connectivity index (χ2n) is 4.70. The topological polar surface area (TPSA) is 89.9 Å². The number of carbonyl (C=O) groups is 2. The van der Waals surface area contributed by atoms with E-state index in [9.17, 15) is 9.59 Å². The maximum absolute atomic E-state index is 10.8. The second-order valence-corrected chi connectivity index (χ2v) is 4.94. The quantitative estimate of drug-likeness (QED) is 0.595. The van der Waals surface area contributed by atoms with Gasteiger partial charge in [-0.1, -0.05) is 24.4 Å². The van der Waals surface area contributed by atoms with Gasteiger partial charge in [0, 0.05) is 11.7 Å². The highest BCUT2D eigenvalue weighted by Crippen LogP contribution is 2.13. The van der Waals surface area contributed by atoms with E-state index in [2.05, 4.69) is 5.32 Å². The normalized spacial score (nSPS) is 11.9. The Kier molecular flexibility index (Phi) is 6.77. The fourth-order valence-electron chi connectivity index (χ4n) is 1.99. The SMILES string of the molecule is CC(Cc1ccc(NC=S)cc1)N(CC(=O)O)CC(=O)O. The highest BCUT2D eigenvalue weighted by atomic mass is 32.1. The molecule has 3 N–H and O–H groups in total. The molecule has 0 aliphatic heterocycles. The Labute approximate surface area is 128 Å².